The van der Waals surface area contributed by atoms with Gasteiger partial charge in [0.05, 0.1) is 0 Å². The van der Waals surface area contributed by atoms with Gasteiger partial charge in [-0.15, -0.1) is 12.4 Å². The van der Waals surface area contributed by atoms with Gasteiger partial charge < -0.3 is 4.90 Å². The molecule has 0 aliphatic carbocycles. The molecule has 1 heterocycles. The van der Waals surface area contributed by atoms with Crippen LogP contribution < -0.4 is 0 Å². The van der Waals surface area contributed by atoms with Gasteiger partial charge in [-0.2, -0.15) is 0 Å². The van der Waals surface area contributed by atoms with E-state index in [0.29, 0.717) is 12.2 Å². The van der Waals surface area contributed by atoms with Crippen LogP contribution in [-0.4, -0.2) is 30.8 Å². The summed E-state index contributed by atoms with van der Waals surface area (Å²) in [6, 6.07) is 0. The maximum atomic E-state index is 11.4. The summed E-state index contributed by atoms with van der Waals surface area (Å²) in [5, 5.41) is 0. The lowest BCUT2D eigenvalue weighted by Gasteiger charge is -2.21. The Labute approximate surface area is 86.4 Å². The van der Waals surface area contributed by atoms with Crippen molar-refractivity contribution in [3.63, 3.8) is 0 Å². The fraction of sp³-hybridized carbons (Fsp3) is 0.700. The summed E-state index contributed by atoms with van der Waals surface area (Å²) in [6.45, 7) is 3.98. The van der Waals surface area contributed by atoms with Crippen LogP contribution in [0.1, 0.15) is 26.2 Å². The van der Waals surface area contributed by atoms with Gasteiger partial charge in [0.25, 0.3) is 0 Å². The molecule has 76 valence electrons. The van der Waals surface area contributed by atoms with Gasteiger partial charge in [0.1, 0.15) is 0 Å². The van der Waals surface area contributed by atoms with Gasteiger partial charge in [-0.3, -0.25) is 4.79 Å². The first-order chi connectivity index (χ1) is 5.74. The van der Waals surface area contributed by atoms with Gasteiger partial charge in [0.15, 0.2) is 5.78 Å². The summed E-state index contributed by atoms with van der Waals surface area (Å²) in [7, 11) is 2.06. The van der Waals surface area contributed by atoms with E-state index in [1.54, 1.807) is 0 Å². The smallest absolute Gasteiger partial charge is 0.159 e. The molecule has 0 fully saturated rings. The van der Waals surface area contributed by atoms with Crippen LogP contribution in [0.3, 0.4) is 0 Å². The van der Waals surface area contributed by atoms with Crippen LogP contribution >= 0.6 is 12.4 Å². The van der Waals surface area contributed by atoms with Crippen molar-refractivity contribution < 1.29 is 4.79 Å². The first-order valence-electron chi connectivity index (χ1n) is 4.64. The number of nitrogens with zero attached hydrogens (tertiary/aromatic N) is 1. The Kier molecular flexibility index (Phi) is 6.00. The average Bonchev–Trinajstić information content (AvgIpc) is 2.05. The van der Waals surface area contributed by atoms with Gasteiger partial charge in [0.2, 0.25) is 0 Å². The lowest BCUT2D eigenvalue weighted by molar-refractivity contribution is -0.115. The molecule has 2 nitrogen and oxygen atoms in total. The summed E-state index contributed by atoms with van der Waals surface area (Å²) >= 11 is 0. The summed E-state index contributed by atoms with van der Waals surface area (Å²) < 4.78 is 0. The molecule has 0 aromatic heterocycles. The number of ketones is 1. The number of likely N-dealkylation sites (N-methyl/N-ethyl adjacent to an activating group) is 1. The molecular weight excluding hydrogens is 186 g/mol. The second-order valence-corrected chi connectivity index (χ2v) is 3.43. The van der Waals surface area contributed by atoms with Crippen LogP contribution in [0.5, 0.6) is 0 Å². The van der Waals surface area contributed by atoms with Crippen molar-refractivity contribution in [1.82, 2.24) is 4.90 Å². The zero-order valence-electron chi connectivity index (χ0n) is 8.38. The Morgan fingerprint density at radius 1 is 1.62 bits per heavy atom. The number of Topliss-reactive ketones (excluding diaryl/α,β-unsaturated/α-hetero) is 1. The molecule has 1 aliphatic heterocycles. The third-order valence-electron chi connectivity index (χ3n) is 2.18. The van der Waals surface area contributed by atoms with Gasteiger partial charge in [-0.05, 0) is 19.9 Å². The second-order valence-electron chi connectivity index (χ2n) is 3.43. The molecule has 0 aromatic carbocycles. The fourth-order valence-corrected chi connectivity index (χ4v) is 1.48. The Hall–Kier alpha value is -0.340. The molecule has 0 amide bonds. The Balaban J connectivity index is 0.00000144. The van der Waals surface area contributed by atoms with E-state index < -0.39 is 0 Å². The van der Waals surface area contributed by atoms with E-state index in [9.17, 15) is 4.79 Å². The SMILES string of the molecule is CCCC(=O)C1=CCCN(C)C1.Cl. The third-order valence-corrected chi connectivity index (χ3v) is 2.18. The lowest BCUT2D eigenvalue weighted by Crippen LogP contribution is -2.28. The summed E-state index contributed by atoms with van der Waals surface area (Å²) in [4.78, 5) is 13.6. The highest BCUT2D eigenvalue weighted by atomic mass is 35.5. The molecule has 0 saturated carbocycles. The highest BCUT2D eigenvalue weighted by Crippen LogP contribution is 2.10. The quantitative estimate of drug-likeness (QED) is 0.700. The normalized spacial score (nSPS) is 17.5. The topological polar surface area (TPSA) is 20.3 Å². The van der Waals surface area contributed by atoms with E-state index in [1.807, 2.05) is 6.92 Å². The van der Waals surface area contributed by atoms with Crippen molar-refractivity contribution in [3.05, 3.63) is 11.6 Å². The largest absolute Gasteiger partial charge is 0.302 e. The van der Waals surface area contributed by atoms with Crippen LogP contribution in [0.4, 0.5) is 0 Å². The molecule has 0 atom stereocenters. The van der Waals surface area contributed by atoms with Gasteiger partial charge in [-0.1, -0.05) is 13.0 Å². The zero-order valence-corrected chi connectivity index (χ0v) is 9.19. The van der Waals surface area contributed by atoms with Crippen LogP contribution in [0.15, 0.2) is 11.6 Å². The van der Waals surface area contributed by atoms with Gasteiger partial charge >= 0.3 is 0 Å². The summed E-state index contributed by atoms with van der Waals surface area (Å²) in [5.41, 5.74) is 1.02. The minimum atomic E-state index is 0. The maximum absolute atomic E-state index is 11.4. The Morgan fingerprint density at radius 3 is 2.85 bits per heavy atom. The molecule has 13 heavy (non-hydrogen) atoms. The molecule has 0 saturated heterocycles. The number of rotatable bonds is 3. The minimum absolute atomic E-state index is 0. The third kappa shape index (κ3) is 3.92. The van der Waals surface area contributed by atoms with Crippen molar-refractivity contribution in [2.45, 2.75) is 26.2 Å². The number of hydrogen-bond acceptors (Lipinski definition) is 2. The van der Waals surface area contributed by atoms with E-state index in [4.69, 9.17) is 0 Å². The molecule has 0 aromatic rings. The predicted octanol–water partition coefficient (Wildman–Crippen LogP) is 2.04. The second kappa shape index (κ2) is 6.17. The average molecular weight is 204 g/mol. The molecule has 1 aliphatic rings. The molecule has 0 N–H and O–H groups in total. The Bertz CT molecular complexity index is 201. The van der Waals surface area contributed by atoms with Crippen molar-refractivity contribution in [2.24, 2.45) is 0 Å². The van der Waals surface area contributed by atoms with Crippen molar-refractivity contribution in [3.8, 4) is 0 Å². The highest BCUT2D eigenvalue weighted by molar-refractivity contribution is 5.95. The van der Waals surface area contributed by atoms with Crippen molar-refractivity contribution in [2.75, 3.05) is 20.1 Å². The van der Waals surface area contributed by atoms with Crippen LogP contribution in [0, 0.1) is 0 Å². The molecule has 0 unspecified atom stereocenters. The molecule has 3 heteroatoms. The maximum Gasteiger partial charge on any atom is 0.159 e. The van der Waals surface area contributed by atoms with Gasteiger partial charge in [0, 0.05) is 25.1 Å². The molecular formula is C10H18ClNO. The van der Waals surface area contributed by atoms with E-state index in [-0.39, 0.29) is 12.4 Å². The highest BCUT2D eigenvalue weighted by Gasteiger charge is 2.13. The monoisotopic (exact) mass is 203 g/mol. The fourth-order valence-electron chi connectivity index (χ4n) is 1.48. The molecule has 1 rings (SSSR count). The Morgan fingerprint density at radius 2 is 2.31 bits per heavy atom. The van der Waals surface area contributed by atoms with E-state index in [1.165, 1.54) is 0 Å². The van der Waals surface area contributed by atoms with Crippen LogP contribution in [0.2, 0.25) is 0 Å². The first kappa shape index (κ1) is 12.7. The lowest BCUT2D eigenvalue weighted by atomic mass is 10.0. The standard InChI is InChI=1S/C10H17NO.ClH/c1-3-5-10(12)9-6-4-7-11(2)8-9;/h6H,3-5,7-8H2,1-2H3;1H. The molecule has 0 bridgehead atoms. The predicted molar refractivity (Wildman–Crippen MR) is 57.4 cm³/mol. The van der Waals surface area contributed by atoms with Crippen molar-refractivity contribution >= 4 is 18.2 Å². The van der Waals surface area contributed by atoms with Crippen molar-refractivity contribution in [1.29, 1.82) is 0 Å². The number of halogens is 1. The summed E-state index contributed by atoms with van der Waals surface area (Å²) in [6.07, 6.45) is 4.79. The number of hydrogen-bond donors (Lipinski definition) is 0. The van der Waals surface area contributed by atoms with Crippen LogP contribution in [0.25, 0.3) is 0 Å². The zero-order chi connectivity index (χ0) is 8.97. The number of carbonyl (C=O) groups is 1. The first-order valence-corrected chi connectivity index (χ1v) is 4.64. The summed E-state index contributed by atoms with van der Waals surface area (Å²) in [5.74, 6) is 0.337. The van der Waals surface area contributed by atoms with E-state index in [2.05, 4.69) is 18.0 Å². The number of carbonyl (C=O) groups excluding carboxylic acids is 1. The van der Waals surface area contributed by atoms with Crippen LogP contribution in [-0.2, 0) is 4.79 Å². The van der Waals surface area contributed by atoms with Gasteiger partial charge in [-0.25, -0.2) is 0 Å². The molecule has 0 spiro atoms. The molecule has 0 radical (unpaired) electrons. The minimum Gasteiger partial charge on any atom is -0.302 e. The van der Waals surface area contributed by atoms with E-state index >= 15 is 0 Å². The van der Waals surface area contributed by atoms with E-state index in [0.717, 1.165) is 31.5 Å².